The number of rotatable bonds is 4. The minimum atomic E-state index is -5.08. The highest BCUT2D eigenvalue weighted by molar-refractivity contribution is 5.87. The quantitative estimate of drug-likeness (QED) is 0.695. The maximum absolute atomic E-state index is 11.8. The number of piperazine rings is 1. The summed E-state index contributed by atoms with van der Waals surface area (Å²) >= 11 is 0. The van der Waals surface area contributed by atoms with E-state index in [-0.39, 0.29) is 5.91 Å². The predicted molar refractivity (Wildman–Crippen MR) is 115 cm³/mol. The van der Waals surface area contributed by atoms with Crippen LogP contribution in [-0.4, -0.2) is 59.2 Å². The zero-order valence-corrected chi connectivity index (χ0v) is 17.6. The zero-order chi connectivity index (χ0) is 23.9. The minimum absolute atomic E-state index is 0.000872. The lowest BCUT2D eigenvalue weighted by atomic mass is 9.99. The molecule has 3 rings (SSSR count). The molecule has 0 saturated carbocycles. The average Bonchev–Trinajstić information content (AvgIpc) is 2.78. The molecule has 2 heterocycles. The lowest BCUT2D eigenvalue weighted by Crippen LogP contribution is -2.48. The standard InChI is InChI=1S/C20H24N4O.C2HF3O2/c1-3-20(25)24-10-8-23(9-11-24)19-14-22-7-6-18(19)16-4-5-17(13-21)15(2)12-16;3-2(4,5)1(6)7/h3-7,12,14H,1,8-11,13,21H2,2H3;(H,6,7). The van der Waals surface area contributed by atoms with E-state index in [4.69, 9.17) is 15.6 Å². The number of carbonyl (C=O) groups excluding carboxylic acids is 1. The lowest BCUT2D eigenvalue weighted by Gasteiger charge is -2.36. The molecule has 2 aromatic rings. The number of alkyl halides is 3. The molecule has 0 spiro atoms. The number of amides is 1. The Morgan fingerprint density at radius 2 is 1.84 bits per heavy atom. The normalized spacial score (nSPS) is 13.8. The van der Waals surface area contributed by atoms with E-state index in [9.17, 15) is 18.0 Å². The lowest BCUT2D eigenvalue weighted by molar-refractivity contribution is -0.192. The van der Waals surface area contributed by atoms with Crippen LogP contribution >= 0.6 is 0 Å². The highest BCUT2D eigenvalue weighted by Gasteiger charge is 2.38. The summed E-state index contributed by atoms with van der Waals surface area (Å²) in [5.41, 5.74) is 11.6. The van der Waals surface area contributed by atoms with Crippen molar-refractivity contribution in [3.05, 3.63) is 60.4 Å². The van der Waals surface area contributed by atoms with E-state index in [0.29, 0.717) is 19.6 Å². The third-order valence-electron chi connectivity index (χ3n) is 5.02. The number of hydrogen-bond acceptors (Lipinski definition) is 5. The summed E-state index contributed by atoms with van der Waals surface area (Å²) in [7, 11) is 0. The van der Waals surface area contributed by atoms with Crippen LogP contribution in [-0.2, 0) is 16.1 Å². The Morgan fingerprint density at radius 3 is 2.34 bits per heavy atom. The number of carbonyl (C=O) groups is 2. The first-order chi connectivity index (χ1) is 15.1. The van der Waals surface area contributed by atoms with Gasteiger partial charge in [0.05, 0.1) is 11.9 Å². The molecule has 1 aromatic heterocycles. The van der Waals surface area contributed by atoms with Crippen molar-refractivity contribution in [3.8, 4) is 11.1 Å². The Labute approximate surface area is 184 Å². The molecule has 0 bridgehead atoms. The van der Waals surface area contributed by atoms with E-state index in [1.54, 1.807) is 0 Å². The second-order valence-electron chi connectivity index (χ2n) is 7.06. The van der Waals surface area contributed by atoms with Crippen molar-refractivity contribution in [3.63, 3.8) is 0 Å². The Kier molecular flexibility index (Phi) is 8.36. The Bertz CT molecular complexity index is 971. The van der Waals surface area contributed by atoms with E-state index in [2.05, 4.69) is 41.6 Å². The van der Waals surface area contributed by atoms with Crippen molar-refractivity contribution < 1.29 is 27.9 Å². The molecule has 1 aliphatic heterocycles. The Morgan fingerprint density at radius 1 is 1.22 bits per heavy atom. The summed E-state index contributed by atoms with van der Waals surface area (Å²) in [4.78, 5) is 29.1. The molecule has 1 amide bonds. The number of hydrogen-bond donors (Lipinski definition) is 2. The first-order valence-corrected chi connectivity index (χ1v) is 9.78. The summed E-state index contributed by atoms with van der Waals surface area (Å²) in [5, 5.41) is 7.12. The number of anilines is 1. The van der Waals surface area contributed by atoms with Gasteiger partial charge in [0.15, 0.2) is 0 Å². The SMILES string of the molecule is C=CC(=O)N1CCN(c2cnccc2-c2ccc(CN)c(C)c2)CC1.O=C(O)C(F)(F)F. The number of aromatic nitrogens is 1. The summed E-state index contributed by atoms with van der Waals surface area (Å²) < 4.78 is 31.7. The molecule has 3 N–H and O–H groups in total. The van der Waals surface area contributed by atoms with Crippen LogP contribution in [0.2, 0.25) is 0 Å². The first kappa shape index (κ1) is 24.9. The third kappa shape index (κ3) is 6.30. The fraction of sp³-hybridized carbons (Fsp3) is 0.318. The van der Waals surface area contributed by atoms with Gasteiger partial charge >= 0.3 is 12.1 Å². The topological polar surface area (TPSA) is 99.8 Å². The molecule has 0 atom stereocenters. The first-order valence-electron chi connectivity index (χ1n) is 9.78. The van der Waals surface area contributed by atoms with Gasteiger partial charge in [0.2, 0.25) is 5.91 Å². The fourth-order valence-corrected chi connectivity index (χ4v) is 3.27. The van der Waals surface area contributed by atoms with Gasteiger partial charge in [-0.15, -0.1) is 0 Å². The third-order valence-corrected chi connectivity index (χ3v) is 5.02. The smallest absolute Gasteiger partial charge is 0.475 e. The number of aliphatic carboxylic acids is 1. The number of nitrogens with two attached hydrogens (primary N) is 1. The molecule has 1 aromatic carbocycles. The average molecular weight is 450 g/mol. The highest BCUT2D eigenvalue weighted by Crippen LogP contribution is 2.31. The molecule has 1 aliphatic rings. The van der Waals surface area contributed by atoms with Crippen LogP contribution in [0.25, 0.3) is 11.1 Å². The number of halogens is 3. The van der Waals surface area contributed by atoms with E-state index < -0.39 is 12.1 Å². The Hall–Kier alpha value is -3.40. The van der Waals surface area contributed by atoms with Crippen molar-refractivity contribution in [1.82, 2.24) is 9.88 Å². The predicted octanol–water partition coefficient (Wildman–Crippen LogP) is 2.98. The van der Waals surface area contributed by atoms with Gasteiger partial charge in [0.25, 0.3) is 0 Å². The van der Waals surface area contributed by atoms with Gasteiger partial charge in [-0.05, 0) is 35.8 Å². The monoisotopic (exact) mass is 450 g/mol. The van der Waals surface area contributed by atoms with E-state index in [0.717, 1.165) is 35.5 Å². The van der Waals surface area contributed by atoms with Crippen LogP contribution in [0.15, 0.2) is 49.3 Å². The van der Waals surface area contributed by atoms with Gasteiger partial charge in [0, 0.05) is 44.5 Å². The molecule has 1 saturated heterocycles. The van der Waals surface area contributed by atoms with E-state index >= 15 is 0 Å². The number of aryl methyl sites for hydroxylation is 1. The van der Waals surface area contributed by atoms with Crippen molar-refractivity contribution in [2.24, 2.45) is 5.73 Å². The van der Waals surface area contributed by atoms with Gasteiger partial charge in [-0.25, -0.2) is 4.79 Å². The van der Waals surface area contributed by atoms with Crippen LogP contribution in [0, 0.1) is 6.92 Å². The largest absolute Gasteiger partial charge is 0.490 e. The summed E-state index contributed by atoms with van der Waals surface area (Å²) in [5.74, 6) is -2.76. The van der Waals surface area contributed by atoms with E-state index in [1.165, 1.54) is 11.6 Å². The fourth-order valence-electron chi connectivity index (χ4n) is 3.27. The molecule has 1 fully saturated rings. The van der Waals surface area contributed by atoms with Crippen LogP contribution in [0.1, 0.15) is 11.1 Å². The molecule has 10 heteroatoms. The number of pyridine rings is 1. The number of carboxylic acid groups (broad SMARTS) is 1. The van der Waals surface area contributed by atoms with Crippen molar-refractivity contribution in [2.75, 3.05) is 31.1 Å². The van der Waals surface area contributed by atoms with E-state index in [1.807, 2.05) is 23.4 Å². The molecule has 32 heavy (non-hydrogen) atoms. The van der Waals surface area contributed by atoms with Crippen LogP contribution in [0.4, 0.5) is 18.9 Å². The maximum Gasteiger partial charge on any atom is 0.490 e. The molecular weight excluding hydrogens is 425 g/mol. The number of benzene rings is 1. The summed E-state index contributed by atoms with van der Waals surface area (Å²) in [6.07, 6.45) is 0.0297. The highest BCUT2D eigenvalue weighted by atomic mass is 19.4. The second kappa shape index (κ2) is 10.8. The summed E-state index contributed by atoms with van der Waals surface area (Å²) in [6, 6.07) is 8.44. The molecule has 7 nitrogen and oxygen atoms in total. The molecular formula is C22H25F3N4O3. The van der Waals surface area contributed by atoms with Gasteiger partial charge in [-0.2, -0.15) is 13.2 Å². The second-order valence-corrected chi connectivity index (χ2v) is 7.06. The Balaban J connectivity index is 0.000000451. The molecule has 0 aliphatic carbocycles. The van der Waals surface area contributed by atoms with Gasteiger partial charge in [0.1, 0.15) is 0 Å². The summed E-state index contributed by atoms with van der Waals surface area (Å²) in [6.45, 7) is 9.18. The molecule has 0 radical (unpaired) electrons. The van der Waals surface area contributed by atoms with Crippen molar-refractivity contribution in [1.29, 1.82) is 0 Å². The maximum atomic E-state index is 11.8. The van der Waals surface area contributed by atoms with Crippen LogP contribution in [0.5, 0.6) is 0 Å². The zero-order valence-electron chi connectivity index (χ0n) is 17.6. The molecule has 0 unspecified atom stereocenters. The van der Waals surface area contributed by atoms with Gasteiger partial charge in [-0.3, -0.25) is 9.78 Å². The van der Waals surface area contributed by atoms with Crippen molar-refractivity contribution >= 4 is 17.6 Å². The number of nitrogens with zero attached hydrogens (tertiary/aromatic N) is 3. The number of carboxylic acids is 1. The van der Waals surface area contributed by atoms with Crippen LogP contribution in [0.3, 0.4) is 0 Å². The van der Waals surface area contributed by atoms with Crippen LogP contribution < -0.4 is 10.6 Å². The minimum Gasteiger partial charge on any atom is -0.475 e. The molecule has 172 valence electrons. The van der Waals surface area contributed by atoms with Gasteiger partial charge in [-0.1, -0.05) is 24.8 Å². The van der Waals surface area contributed by atoms with Crippen molar-refractivity contribution in [2.45, 2.75) is 19.6 Å². The van der Waals surface area contributed by atoms with Gasteiger partial charge < -0.3 is 20.6 Å².